The molecule has 4 rings (SSSR count). The molecule has 29 heavy (non-hydrogen) atoms. The predicted molar refractivity (Wildman–Crippen MR) is 120 cm³/mol. The molecule has 0 unspecified atom stereocenters. The Labute approximate surface area is 170 Å². The fraction of sp³-hybridized carbons (Fsp3) is 0.0385. The summed E-state index contributed by atoms with van der Waals surface area (Å²) in [5.74, 6) is -0.108. The third-order valence-electron chi connectivity index (χ3n) is 4.92. The van der Waals surface area contributed by atoms with E-state index >= 15 is 0 Å². The van der Waals surface area contributed by atoms with Gasteiger partial charge in [-0.15, -0.1) is 0 Å². The van der Waals surface area contributed by atoms with Gasteiger partial charge in [0, 0.05) is 0 Å². The van der Waals surface area contributed by atoms with Crippen LogP contribution in [0.25, 0.3) is 27.6 Å². The molecule has 0 heterocycles. The average molecular weight is 378 g/mol. The number of fused-ring (bicyclic) bond motifs is 1. The van der Waals surface area contributed by atoms with Crippen LogP contribution in [0.2, 0.25) is 0 Å². The van der Waals surface area contributed by atoms with Gasteiger partial charge in [-0.05, 0) is 33.0 Å². The first-order valence-corrected chi connectivity index (χ1v) is 9.57. The number of benzene rings is 4. The molecule has 0 saturated heterocycles. The van der Waals surface area contributed by atoms with Gasteiger partial charge in [0.15, 0.2) is 0 Å². The molecular formula is C26H22N2O. The Balaban J connectivity index is 1.37. The Morgan fingerprint density at radius 1 is 0.690 bits per heavy atom. The number of carbonyl (C=O) groups is 1. The van der Waals surface area contributed by atoms with Gasteiger partial charge in [-0.25, -0.2) is 0 Å². The van der Waals surface area contributed by atoms with Crippen LogP contribution in [0, 0.1) is 0 Å². The van der Waals surface area contributed by atoms with E-state index in [1.807, 2.05) is 60.7 Å². The molecular weight excluding hydrogens is 356 g/mol. The summed E-state index contributed by atoms with van der Waals surface area (Å²) in [5, 5.41) is 2.23. The highest BCUT2D eigenvalue weighted by Crippen LogP contribution is 2.21. The van der Waals surface area contributed by atoms with Gasteiger partial charge < -0.3 is 0 Å². The number of hydrazine groups is 1. The van der Waals surface area contributed by atoms with E-state index in [9.17, 15) is 4.79 Å². The summed E-state index contributed by atoms with van der Waals surface area (Å²) in [4.78, 5) is 12.4. The normalized spacial score (nSPS) is 10.5. The summed E-state index contributed by atoms with van der Waals surface area (Å²) in [6.07, 6.45) is 0.300. The molecule has 3 heteroatoms. The highest BCUT2D eigenvalue weighted by atomic mass is 16.2. The fourth-order valence-corrected chi connectivity index (χ4v) is 3.38. The van der Waals surface area contributed by atoms with E-state index < -0.39 is 0 Å². The molecule has 2 N–H and O–H groups in total. The molecule has 0 aliphatic rings. The van der Waals surface area contributed by atoms with Gasteiger partial charge in [0.2, 0.25) is 5.91 Å². The van der Waals surface area contributed by atoms with E-state index in [1.165, 1.54) is 5.56 Å². The standard InChI is InChI=1S/C26H22N2O/c1-19(20-14-16-22(17-15-20)21-8-3-2-4-9-21)27-28-26(29)18-24-12-7-11-23-10-5-6-13-25(23)24/h2-17,27H,1,18H2,(H,28,29). The van der Waals surface area contributed by atoms with Crippen LogP contribution < -0.4 is 10.9 Å². The Kier molecular flexibility index (Phi) is 5.39. The number of hydrogen-bond donors (Lipinski definition) is 2. The lowest BCUT2D eigenvalue weighted by molar-refractivity contribution is -0.121. The summed E-state index contributed by atoms with van der Waals surface area (Å²) in [5.41, 5.74) is 10.6. The quantitative estimate of drug-likeness (QED) is 0.445. The number of hydrogen-bond acceptors (Lipinski definition) is 2. The first-order valence-electron chi connectivity index (χ1n) is 9.57. The molecule has 0 saturated carbocycles. The molecule has 0 aromatic heterocycles. The van der Waals surface area contributed by atoms with Crippen LogP contribution in [0.15, 0.2) is 104 Å². The van der Waals surface area contributed by atoms with Gasteiger partial charge in [-0.2, -0.15) is 0 Å². The third-order valence-corrected chi connectivity index (χ3v) is 4.92. The summed E-state index contributed by atoms with van der Waals surface area (Å²) in [6.45, 7) is 4.03. The molecule has 3 nitrogen and oxygen atoms in total. The molecule has 4 aromatic carbocycles. The van der Waals surface area contributed by atoms with E-state index in [1.54, 1.807) is 0 Å². The molecule has 0 radical (unpaired) electrons. The zero-order valence-electron chi connectivity index (χ0n) is 16.1. The minimum Gasteiger partial charge on any atom is -0.299 e. The lowest BCUT2D eigenvalue weighted by Crippen LogP contribution is -2.36. The molecule has 142 valence electrons. The SMILES string of the molecule is C=C(NNC(=O)Cc1cccc2ccccc12)c1ccc(-c2ccccc2)cc1. The van der Waals surface area contributed by atoms with Gasteiger partial charge in [0.1, 0.15) is 0 Å². The summed E-state index contributed by atoms with van der Waals surface area (Å²) < 4.78 is 0. The fourth-order valence-electron chi connectivity index (χ4n) is 3.38. The van der Waals surface area contributed by atoms with Gasteiger partial charge in [0.25, 0.3) is 0 Å². The van der Waals surface area contributed by atoms with Crippen molar-refractivity contribution in [2.45, 2.75) is 6.42 Å². The van der Waals surface area contributed by atoms with Crippen LogP contribution in [0.4, 0.5) is 0 Å². The van der Waals surface area contributed by atoms with Gasteiger partial charge in [-0.3, -0.25) is 15.6 Å². The largest absolute Gasteiger partial charge is 0.299 e. The van der Waals surface area contributed by atoms with Crippen LogP contribution in [0.1, 0.15) is 11.1 Å². The van der Waals surface area contributed by atoms with Crippen molar-refractivity contribution in [3.63, 3.8) is 0 Å². The van der Waals surface area contributed by atoms with Gasteiger partial charge in [0.05, 0.1) is 12.1 Å². The zero-order valence-corrected chi connectivity index (χ0v) is 16.1. The van der Waals surface area contributed by atoms with E-state index in [2.05, 4.69) is 53.8 Å². The number of rotatable bonds is 6. The maximum Gasteiger partial charge on any atom is 0.242 e. The second-order valence-electron chi connectivity index (χ2n) is 6.91. The number of nitrogens with one attached hydrogen (secondary N) is 2. The Morgan fingerprint density at radius 3 is 2.14 bits per heavy atom. The number of amides is 1. The highest BCUT2D eigenvalue weighted by Gasteiger charge is 2.07. The second kappa shape index (κ2) is 8.44. The Bertz CT molecular complexity index is 1140. The van der Waals surface area contributed by atoms with Crippen molar-refractivity contribution in [3.8, 4) is 11.1 Å². The molecule has 0 fully saturated rings. The van der Waals surface area contributed by atoms with E-state index in [-0.39, 0.29) is 5.91 Å². The topological polar surface area (TPSA) is 41.1 Å². The maximum absolute atomic E-state index is 12.4. The Morgan fingerprint density at radius 2 is 1.34 bits per heavy atom. The molecule has 0 spiro atoms. The lowest BCUT2D eigenvalue weighted by atomic mass is 10.0. The zero-order chi connectivity index (χ0) is 20.1. The van der Waals surface area contributed by atoms with E-state index in [0.717, 1.165) is 27.5 Å². The first-order chi connectivity index (χ1) is 14.2. The molecule has 0 atom stereocenters. The Hall–Kier alpha value is -3.85. The number of carbonyl (C=O) groups excluding carboxylic acids is 1. The monoisotopic (exact) mass is 378 g/mol. The van der Waals surface area contributed by atoms with Crippen molar-refractivity contribution in [2.24, 2.45) is 0 Å². The van der Waals surface area contributed by atoms with Crippen molar-refractivity contribution < 1.29 is 4.79 Å². The minimum atomic E-state index is -0.108. The third kappa shape index (κ3) is 4.36. The minimum absolute atomic E-state index is 0.108. The van der Waals surface area contributed by atoms with Crippen LogP contribution in [0.5, 0.6) is 0 Å². The lowest BCUT2D eigenvalue weighted by Gasteiger charge is -2.13. The molecule has 0 aliphatic carbocycles. The molecule has 4 aromatic rings. The van der Waals surface area contributed by atoms with E-state index in [0.29, 0.717) is 12.1 Å². The summed E-state index contributed by atoms with van der Waals surface area (Å²) in [7, 11) is 0. The maximum atomic E-state index is 12.4. The van der Waals surface area contributed by atoms with Crippen LogP contribution in [-0.2, 0) is 11.2 Å². The van der Waals surface area contributed by atoms with Gasteiger partial charge in [-0.1, -0.05) is 104 Å². The van der Waals surface area contributed by atoms with Crippen molar-refractivity contribution >= 4 is 22.4 Å². The van der Waals surface area contributed by atoms with Crippen molar-refractivity contribution in [2.75, 3.05) is 0 Å². The highest BCUT2D eigenvalue weighted by molar-refractivity contribution is 5.90. The molecule has 0 aliphatic heterocycles. The van der Waals surface area contributed by atoms with Crippen LogP contribution in [-0.4, -0.2) is 5.91 Å². The van der Waals surface area contributed by atoms with Crippen LogP contribution >= 0.6 is 0 Å². The van der Waals surface area contributed by atoms with Crippen molar-refractivity contribution in [1.29, 1.82) is 0 Å². The van der Waals surface area contributed by atoms with Crippen LogP contribution in [0.3, 0.4) is 0 Å². The smallest absolute Gasteiger partial charge is 0.242 e. The first kappa shape index (κ1) is 18.5. The second-order valence-corrected chi connectivity index (χ2v) is 6.91. The average Bonchev–Trinajstić information content (AvgIpc) is 2.78. The van der Waals surface area contributed by atoms with E-state index in [4.69, 9.17) is 0 Å². The van der Waals surface area contributed by atoms with Gasteiger partial charge >= 0.3 is 0 Å². The predicted octanol–water partition coefficient (Wildman–Crippen LogP) is 5.34. The van der Waals surface area contributed by atoms with Crippen molar-refractivity contribution in [3.05, 3.63) is 115 Å². The molecule has 0 bridgehead atoms. The summed E-state index contributed by atoms with van der Waals surface area (Å²) in [6, 6.07) is 32.4. The van der Waals surface area contributed by atoms with Crippen molar-refractivity contribution in [1.82, 2.24) is 10.9 Å². The summed E-state index contributed by atoms with van der Waals surface area (Å²) >= 11 is 0. The molecule has 1 amide bonds.